The van der Waals surface area contributed by atoms with Crippen molar-refractivity contribution in [3.8, 4) is 0 Å². The molecule has 0 amide bonds. The molecule has 0 aliphatic carbocycles. The van der Waals surface area contributed by atoms with Crippen molar-refractivity contribution in [2.75, 3.05) is 0 Å². The van der Waals surface area contributed by atoms with Crippen molar-refractivity contribution in [2.45, 2.75) is 58.3 Å². The molecule has 0 fully saturated rings. The van der Waals surface area contributed by atoms with E-state index in [0.29, 0.717) is 19.3 Å². The van der Waals surface area contributed by atoms with Crippen molar-refractivity contribution >= 4 is 5.97 Å². The van der Waals surface area contributed by atoms with Crippen molar-refractivity contribution in [1.82, 2.24) is 0 Å². The molecule has 0 unspecified atom stereocenters. The number of aliphatic carboxylic acids is 1. The molecule has 0 spiro atoms. The molecule has 0 aromatic carbocycles. The number of rotatable bonds is 15. The lowest BCUT2D eigenvalue weighted by atomic mass is 10.2. The minimum Gasteiger partial charge on any atom is -0.481 e. The molecule has 0 aromatic heterocycles. The summed E-state index contributed by atoms with van der Waals surface area (Å²) in [7, 11) is 0. The van der Waals surface area contributed by atoms with Gasteiger partial charge in [0.1, 0.15) is 0 Å². The number of hydrogen-bond acceptors (Lipinski definition) is 3. The predicted molar refractivity (Wildman–Crippen MR) is 111 cm³/mol. The second-order valence-electron chi connectivity index (χ2n) is 5.80. The van der Waals surface area contributed by atoms with Gasteiger partial charge in [-0.2, -0.15) is 0 Å². The Morgan fingerprint density at radius 3 is 1.93 bits per heavy atom. The summed E-state index contributed by atoms with van der Waals surface area (Å²) in [5, 5.41) is 19.6. The molecule has 0 heterocycles. The largest absolute Gasteiger partial charge is 0.481 e. The number of carboxylic acids is 1. The van der Waals surface area contributed by atoms with Crippen LogP contribution in [0.2, 0.25) is 0 Å². The van der Waals surface area contributed by atoms with Gasteiger partial charge in [0.05, 0.1) is 11.3 Å². The summed E-state index contributed by atoms with van der Waals surface area (Å²) < 4.78 is 0. The summed E-state index contributed by atoms with van der Waals surface area (Å²) in [6.07, 6.45) is 26.2. The molecule has 0 aliphatic heterocycles. The van der Waals surface area contributed by atoms with Crippen LogP contribution in [0.4, 0.5) is 0 Å². The Hall–Kier alpha value is -2.69. The third kappa shape index (κ3) is 17.9. The minimum absolute atomic E-state index is 0.119. The lowest BCUT2D eigenvalue weighted by molar-refractivity contribution is -0.427. The van der Waals surface area contributed by atoms with Gasteiger partial charge in [-0.1, -0.05) is 67.7 Å². The lowest BCUT2D eigenvalue weighted by Gasteiger charge is -1.93. The van der Waals surface area contributed by atoms with Crippen molar-refractivity contribution in [2.24, 2.45) is 0 Å². The number of carboxylic acid groups (broad SMARTS) is 1. The molecule has 27 heavy (non-hydrogen) atoms. The molecule has 148 valence electrons. The van der Waals surface area contributed by atoms with E-state index < -0.39 is 5.97 Å². The zero-order chi connectivity index (χ0) is 20.2. The van der Waals surface area contributed by atoms with Crippen LogP contribution in [-0.2, 0) is 4.79 Å². The van der Waals surface area contributed by atoms with Crippen LogP contribution < -0.4 is 0 Å². The van der Waals surface area contributed by atoms with E-state index in [1.807, 2.05) is 30.4 Å². The second-order valence-corrected chi connectivity index (χ2v) is 5.80. The number of nitro groups is 1. The van der Waals surface area contributed by atoms with E-state index in [9.17, 15) is 14.9 Å². The highest BCUT2D eigenvalue weighted by Crippen LogP contribution is 2.07. The van der Waals surface area contributed by atoms with Crippen molar-refractivity contribution < 1.29 is 14.8 Å². The van der Waals surface area contributed by atoms with Gasteiger partial charge in [-0.25, -0.2) is 0 Å². The summed E-state index contributed by atoms with van der Waals surface area (Å²) in [5.74, 6) is -0.815. The average Bonchev–Trinajstić information content (AvgIpc) is 2.63. The molecule has 0 saturated carbocycles. The highest BCUT2D eigenvalue weighted by Gasteiger charge is 2.06. The zero-order valence-electron chi connectivity index (χ0n) is 16.1. The molecular weight excluding hydrogens is 342 g/mol. The van der Waals surface area contributed by atoms with Crippen LogP contribution in [0, 0.1) is 10.1 Å². The maximum atomic E-state index is 11.1. The van der Waals surface area contributed by atoms with E-state index in [4.69, 9.17) is 5.11 Å². The molecule has 0 saturated heterocycles. The van der Waals surface area contributed by atoms with Gasteiger partial charge in [0.2, 0.25) is 5.70 Å². The van der Waals surface area contributed by atoms with Crippen LogP contribution in [0.1, 0.15) is 58.3 Å². The Bertz CT molecular complexity index is 595. The van der Waals surface area contributed by atoms with Crippen LogP contribution in [0.5, 0.6) is 0 Å². The van der Waals surface area contributed by atoms with Crippen molar-refractivity contribution in [3.05, 3.63) is 82.6 Å². The third-order valence-corrected chi connectivity index (χ3v) is 3.46. The number of hydrogen-bond donors (Lipinski definition) is 1. The standard InChI is InChI=1S/C22H31NO4/c1-2-3-4-5-6-7-8-9-12-15-18-21(23(26)27)19-16-13-10-11-14-17-20-22(24)25/h3-4,6-7,9,11-14,16,18H,2,5,8,10,15,17,19-20H2,1H3,(H,24,25). The quantitative estimate of drug-likeness (QED) is 0.212. The smallest absolute Gasteiger partial charge is 0.303 e. The fraction of sp³-hybridized carbons (Fsp3) is 0.409. The summed E-state index contributed by atoms with van der Waals surface area (Å²) in [4.78, 5) is 21.1. The third-order valence-electron chi connectivity index (χ3n) is 3.46. The van der Waals surface area contributed by atoms with Gasteiger partial charge < -0.3 is 5.11 Å². The van der Waals surface area contributed by atoms with Gasteiger partial charge in [0.25, 0.3) is 0 Å². The SMILES string of the molecule is CCC=CCC=CCC=CCC=C(CC=CCC=CCCC(=O)O)[N+](=O)[O-]. The van der Waals surface area contributed by atoms with Gasteiger partial charge in [0.15, 0.2) is 0 Å². The van der Waals surface area contributed by atoms with Crippen LogP contribution >= 0.6 is 0 Å². The van der Waals surface area contributed by atoms with Gasteiger partial charge in [0, 0.05) is 6.42 Å². The van der Waals surface area contributed by atoms with Crippen LogP contribution in [0.15, 0.2) is 72.5 Å². The average molecular weight is 373 g/mol. The Kier molecular flexibility index (Phi) is 16.3. The zero-order valence-corrected chi connectivity index (χ0v) is 16.1. The molecule has 5 nitrogen and oxygen atoms in total. The van der Waals surface area contributed by atoms with Gasteiger partial charge in [-0.3, -0.25) is 14.9 Å². The number of allylic oxidation sites excluding steroid dienone is 11. The van der Waals surface area contributed by atoms with Crippen molar-refractivity contribution in [3.63, 3.8) is 0 Å². The highest BCUT2D eigenvalue weighted by atomic mass is 16.6. The maximum absolute atomic E-state index is 11.1. The molecular formula is C22H31NO4. The summed E-state index contributed by atoms with van der Waals surface area (Å²) in [6, 6.07) is 0. The molecule has 0 atom stereocenters. The lowest BCUT2D eigenvalue weighted by Crippen LogP contribution is -1.97. The molecule has 5 heteroatoms. The fourth-order valence-corrected chi connectivity index (χ4v) is 2.04. The Morgan fingerprint density at radius 2 is 1.37 bits per heavy atom. The van der Waals surface area contributed by atoms with E-state index in [1.165, 1.54) is 0 Å². The summed E-state index contributed by atoms with van der Waals surface area (Å²) >= 11 is 0. The van der Waals surface area contributed by atoms with Crippen molar-refractivity contribution in [1.29, 1.82) is 0 Å². The van der Waals surface area contributed by atoms with Gasteiger partial charge >= 0.3 is 5.97 Å². The second kappa shape index (κ2) is 18.1. The molecule has 1 N–H and O–H groups in total. The molecule has 0 aromatic rings. The maximum Gasteiger partial charge on any atom is 0.303 e. The summed E-state index contributed by atoms with van der Waals surface area (Å²) in [5.41, 5.74) is 0.186. The van der Waals surface area contributed by atoms with E-state index >= 15 is 0 Å². The first-order chi connectivity index (χ1) is 13.1. The predicted octanol–water partition coefficient (Wildman–Crippen LogP) is 6.15. The highest BCUT2D eigenvalue weighted by molar-refractivity contribution is 5.66. The van der Waals surface area contributed by atoms with Crippen LogP contribution in [0.3, 0.4) is 0 Å². The van der Waals surface area contributed by atoms with E-state index in [2.05, 4.69) is 31.2 Å². The first-order valence-electron chi connectivity index (χ1n) is 9.38. The molecule has 0 aliphatic rings. The summed E-state index contributed by atoms with van der Waals surface area (Å²) in [6.45, 7) is 2.10. The topological polar surface area (TPSA) is 80.4 Å². The number of carbonyl (C=O) groups is 1. The first kappa shape index (κ1) is 24.3. The molecule has 0 radical (unpaired) electrons. The normalized spacial score (nSPS) is 13.1. The van der Waals surface area contributed by atoms with E-state index in [1.54, 1.807) is 12.2 Å². The van der Waals surface area contributed by atoms with Crippen LogP contribution in [-0.4, -0.2) is 16.0 Å². The fourth-order valence-electron chi connectivity index (χ4n) is 2.04. The molecule has 0 bridgehead atoms. The van der Waals surface area contributed by atoms with Gasteiger partial charge in [-0.15, -0.1) is 0 Å². The van der Waals surface area contributed by atoms with E-state index in [0.717, 1.165) is 19.3 Å². The Morgan fingerprint density at radius 1 is 0.852 bits per heavy atom. The van der Waals surface area contributed by atoms with Gasteiger partial charge in [-0.05, 0) is 44.6 Å². The molecule has 0 rings (SSSR count). The van der Waals surface area contributed by atoms with E-state index in [-0.39, 0.29) is 23.5 Å². The van der Waals surface area contributed by atoms with Crippen LogP contribution in [0.25, 0.3) is 0 Å². The monoisotopic (exact) mass is 373 g/mol. The first-order valence-corrected chi connectivity index (χ1v) is 9.38. The minimum atomic E-state index is -0.815. The Balaban J connectivity index is 4.11. The Labute approximate surface area is 162 Å². The number of nitrogens with zero attached hydrogens (tertiary/aromatic N) is 1.